The highest BCUT2D eigenvalue weighted by atomic mass is 16.2. The summed E-state index contributed by atoms with van der Waals surface area (Å²) in [7, 11) is 1.77. The fourth-order valence-electron chi connectivity index (χ4n) is 1.32. The molecule has 3 N–H and O–H groups in total. The van der Waals surface area contributed by atoms with Crippen LogP contribution in [0.15, 0.2) is 24.3 Å². The van der Waals surface area contributed by atoms with Gasteiger partial charge in [-0.3, -0.25) is 0 Å². The second-order valence-electron chi connectivity index (χ2n) is 4.55. The molecule has 0 fully saturated rings. The van der Waals surface area contributed by atoms with Crippen molar-refractivity contribution in [3.05, 3.63) is 29.8 Å². The molecule has 1 aromatic rings. The van der Waals surface area contributed by atoms with Gasteiger partial charge in [-0.05, 0) is 38.5 Å². The van der Waals surface area contributed by atoms with Crippen LogP contribution >= 0.6 is 0 Å². The average Bonchev–Trinajstić information content (AvgIpc) is 2.28. The van der Waals surface area contributed by atoms with Crippen molar-refractivity contribution >= 4 is 11.7 Å². The quantitative estimate of drug-likeness (QED) is 0.846. The Morgan fingerprint density at radius 1 is 1.24 bits per heavy atom. The van der Waals surface area contributed by atoms with Gasteiger partial charge in [0.15, 0.2) is 0 Å². The summed E-state index contributed by atoms with van der Waals surface area (Å²) in [5.74, 6) is 0. The van der Waals surface area contributed by atoms with Crippen molar-refractivity contribution in [1.29, 1.82) is 0 Å². The van der Waals surface area contributed by atoms with E-state index in [0.29, 0.717) is 0 Å². The molecule has 17 heavy (non-hydrogen) atoms. The summed E-state index contributed by atoms with van der Waals surface area (Å²) in [5, 5.41) is 2.84. The number of nitrogens with one attached hydrogen (secondary N) is 1. The van der Waals surface area contributed by atoms with E-state index in [1.165, 1.54) is 0 Å². The molecule has 0 aliphatic carbocycles. The summed E-state index contributed by atoms with van der Waals surface area (Å²) in [6.45, 7) is 5.87. The van der Waals surface area contributed by atoms with E-state index in [1.807, 2.05) is 45.0 Å². The maximum absolute atomic E-state index is 11.8. The molecule has 2 amide bonds. The van der Waals surface area contributed by atoms with Gasteiger partial charge < -0.3 is 16.0 Å². The van der Waals surface area contributed by atoms with Crippen LogP contribution in [-0.2, 0) is 0 Å². The molecular formula is C13H21N3O. The lowest BCUT2D eigenvalue weighted by Crippen LogP contribution is -2.36. The Labute approximate surface area is 103 Å². The molecular weight excluding hydrogens is 214 g/mol. The molecule has 94 valence electrons. The maximum atomic E-state index is 11.8. The van der Waals surface area contributed by atoms with E-state index in [4.69, 9.17) is 5.73 Å². The Balaban J connectivity index is 2.66. The van der Waals surface area contributed by atoms with Gasteiger partial charge in [-0.1, -0.05) is 12.1 Å². The standard InChI is InChI=1S/C13H21N3O/c1-9(2)16(4)13(17)15-12-7-5-11(6-8-12)10(3)14/h5-10H,14H2,1-4H3,(H,15,17). The molecule has 0 heterocycles. The fourth-order valence-corrected chi connectivity index (χ4v) is 1.32. The van der Waals surface area contributed by atoms with Crippen LogP contribution in [0, 0.1) is 0 Å². The zero-order valence-electron chi connectivity index (χ0n) is 10.9. The second kappa shape index (κ2) is 5.68. The fraction of sp³-hybridized carbons (Fsp3) is 0.462. The van der Waals surface area contributed by atoms with E-state index >= 15 is 0 Å². The first-order chi connectivity index (χ1) is 7.91. The summed E-state index contributed by atoms with van der Waals surface area (Å²) in [4.78, 5) is 13.4. The molecule has 0 bridgehead atoms. The summed E-state index contributed by atoms with van der Waals surface area (Å²) in [5.41, 5.74) is 7.60. The van der Waals surface area contributed by atoms with Crippen LogP contribution < -0.4 is 11.1 Å². The Bertz CT molecular complexity index is 371. The van der Waals surface area contributed by atoms with Gasteiger partial charge >= 0.3 is 6.03 Å². The first kappa shape index (κ1) is 13.5. The summed E-state index contributed by atoms with van der Waals surface area (Å²) >= 11 is 0. The Kier molecular flexibility index (Phi) is 4.52. The minimum absolute atomic E-state index is 0.0121. The molecule has 1 atom stereocenters. The Morgan fingerprint density at radius 2 is 1.76 bits per heavy atom. The normalized spacial score (nSPS) is 12.4. The van der Waals surface area contributed by atoms with Gasteiger partial charge in [0.2, 0.25) is 0 Å². The molecule has 0 aliphatic heterocycles. The van der Waals surface area contributed by atoms with Crippen LogP contribution in [0.4, 0.5) is 10.5 Å². The van der Waals surface area contributed by atoms with E-state index in [9.17, 15) is 4.79 Å². The maximum Gasteiger partial charge on any atom is 0.321 e. The number of hydrogen-bond acceptors (Lipinski definition) is 2. The Morgan fingerprint density at radius 3 is 2.18 bits per heavy atom. The largest absolute Gasteiger partial charge is 0.325 e. The van der Waals surface area contributed by atoms with Gasteiger partial charge in [0.25, 0.3) is 0 Å². The lowest BCUT2D eigenvalue weighted by atomic mass is 10.1. The third-order valence-electron chi connectivity index (χ3n) is 2.78. The monoisotopic (exact) mass is 235 g/mol. The van der Waals surface area contributed by atoms with Crippen molar-refractivity contribution in [3.8, 4) is 0 Å². The topological polar surface area (TPSA) is 58.4 Å². The molecule has 1 unspecified atom stereocenters. The number of hydrogen-bond donors (Lipinski definition) is 2. The van der Waals surface area contributed by atoms with Crippen molar-refractivity contribution in [2.45, 2.75) is 32.9 Å². The molecule has 0 aromatic heterocycles. The summed E-state index contributed by atoms with van der Waals surface area (Å²) in [6, 6.07) is 7.67. The van der Waals surface area contributed by atoms with Gasteiger partial charge in [-0.25, -0.2) is 4.79 Å². The second-order valence-corrected chi connectivity index (χ2v) is 4.55. The number of carbonyl (C=O) groups is 1. The summed E-state index contributed by atoms with van der Waals surface area (Å²) < 4.78 is 0. The van der Waals surface area contributed by atoms with Gasteiger partial charge in [-0.15, -0.1) is 0 Å². The molecule has 0 saturated carbocycles. The molecule has 4 heteroatoms. The van der Waals surface area contributed by atoms with Crippen LogP contribution in [0.25, 0.3) is 0 Å². The molecule has 0 spiro atoms. The predicted octanol–water partition coefficient (Wildman–Crippen LogP) is 2.58. The van der Waals surface area contributed by atoms with Gasteiger partial charge in [0.1, 0.15) is 0 Å². The number of rotatable bonds is 3. The van der Waals surface area contributed by atoms with Crippen LogP contribution in [0.3, 0.4) is 0 Å². The molecule has 4 nitrogen and oxygen atoms in total. The van der Waals surface area contributed by atoms with E-state index < -0.39 is 0 Å². The minimum atomic E-state index is -0.103. The van der Waals surface area contributed by atoms with Crippen LogP contribution in [-0.4, -0.2) is 24.0 Å². The number of nitrogens with two attached hydrogens (primary N) is 1. The van der Waals surface area contributed by atoms with Crippen LogP contribution in [0.5, 0.6) is 0 Å². The number of anilines is 1. The van der Waals surface area contributed by atoms with E-state index in [-0.39, 0.29) is 18.1 Å². The molecule has 1 aromatic carbocycles. The third-order valence-corrected chi connectivity index (χ3v) is 2.78. The highest BCUT2D eigenvalue weighted by Gasteiger charge is 2.11. The van der Waals surface area contributed by atoms with E-state index in [1.54, 1.807) is 11.9 Å². The first-order valence-electron chi connectivity index (χ1n) is 5.81. The van der Waals surface area contributed by atoms with E-state index in [2.05, 4.69) is 5.32 Å². The van der Waals surface area contributed by atoms with Crippen molar-refractivity contribution < 1.29 is 4.79 Å². The lowest BCUT2D eigenvalue weighted by molar-refractivity contribution is 0.211. The Hall–Kier alpha value is -1.55. The van der Waals surface area contributed by atoms with E-state index in [0.717, 1.165) is 11.3 Å². The van der Waals surface area contributed by atoms with Gasteiger partial charge in [0.05, 0.1) is 0 Å². The van der Waals surface area contributed by atoms with Crippen molar-refractivity contribution in [1.82, 2.24) is 4.90 Å². The number of carbonyl (C=O) groups excluding carboxylic acids is 1. The highest BCUT2D eigenvalue weighted by Crippen LogP contribution is 2.14. The molecule has 0 saturated heterocycles. The van der Waals surface area contributed by atoms with Crippen molar-refractivity contribution in [2.24, 2.45) is 5.73 Å². The predicted molar refractivity (Wildman–Crippen MR) is 71.0 cm³/mol. The smallest absolute Gasteiger partial charge is 0.321 e. The lowest BCUT2D eigenvalue weighted by Gasteiger charge is -2.21. The van der Waals surface area contributed by atoms with Crippen molar-refractivity contribution in [2.75, 3.05) is 12.4 Å². The molecule has 0 aliphatic rings. The third kappa shape index (κ3) is 3.75. The average molecular weight is 235 g/mol. The molecule has 1 rings (SSSR count). The number of amides is 2. The number of urea groups is 1. The molecule has 0 radical (unpaired) electrons. The van der Waals surface area contributed by atoms with Gasteiger partial charge in [-0.2, -0.15) is 0 Å². The zero-order valence-corrected chi connectivity index (χ0v) is 10.9. The van der Waals surface area contributed by atoms with Crippen molar-refractivity contribution in [3.63, 3.8) is 0 Å². The summed E-state index contributed by atoms with van der Waals surface area (Å²) in [6.07, 6.45) is 0. The number of nitrogens with zero attached hydrogens (tertiary/aromatic N) is 1. The SMILES string of the molecule is CC(N)c1ccc(NC(=O)N(C)C(C)C)cc1. The van der Waals surface area contributed by atoms with Crippen LogP contribution in [0.2, 0.25) is 0 Å². The first-order valence-corrected chi connectivity index (χ1v) is 5.81. The highest BCUT2D eigenvalue weighted by molar-refractivity contribution is 5.89. The van der Waals surface area contributed by atoms with Gasteiger partial charge in [0, 0.05) is 24.8 Å². The minimum Gasteiger partial charge on any atom is -0.325 e. The van der Waals surface area contributed by atoms with Crippen LogP contribution in [0.1, 0.15) is 32.4 Å². The number of benzene rings is 1. The zero-order chi connectivity index (χ0) is 13.0.